The number of halogens is 1. The van der Waals surface area contributed by atoms with Gasteiger partial charge in [0, 0.05) is 6.54 Å². The van der Waals surface area contributed by atoms with Crippen LogP contribution in [0.3, 0.4) is 0 Å². The Morgan fingerprint density at radius 2 is 1.96 bits per heavy atom. The number of hydrogen-bond acceptors (Lipinski definition) is 5. The number of para-hydroxylation sites is 1. The van der Waals surface area contributed by atoms with Gasteiger partial charge in [0.2, 0.25) is 0 Å². The van der Waals surface area contributed by atoms with Crippen LogP contribution in [0, 0.1) is 5.82 Å². The predicted molar refractivity (Wildman–Crippen MR) is 96.9 cm³/mol. The third kappa shape index (κ3) is 2.95. The lowest BCUT2D eigenvalue weighted by Gasteiger charge is -2.08. The normalized spacial score (nSPS) is 10.8. The zero-order valence-electron chi connectivity index (χ0n) is 14.1. The molecule has 4 rings (SSSR count). The van der Waals surface area contributed by atoms with Crippen molar-refractivity contribution in [2.24, 2.45) is 0 Å². The summed E-state index contributed by atoms with van der Waals surface area (Å²) in [5, 5.41) is 8.43. The molecule has 0 saturated heterocycles. The van der Waals surface area contributed by atoms with Gasteiger partial charge in [0.25, 0.3) is 0 Å². The largest absolute Gasteiger partial charge is 0.494 e. The van der Waals surface area contributed by atoms with Gasteiger partial charge in [0.05, 0.1) is 24.4 Å². The van der Waals surface area contributed by atoms with Crippen LogP contribution in [0.25, 0.3) is 16.7 Å². The molecule has 0 amide bonds. The fourth-order valence-electron chi connectivity index (χ4n) is 2.75. The topological polar surface area (TPSA) is 64.9 Å². The minimum Gasteiger partial charge on any atom is -0.494 e. The third-order valence-corrected chi connectivity index (χ3v) is 4.04. The zero-order valence-corrected chi connectivity index (χ0v) is 14.1. The highest BCUT2D eigenvalue weighted by atomic mass is 19.1. The van der Waals surface area contributed by atoms with Gasteiger partial charge >= 0.3 is 0 Å². The number of fused-ring (bicyclic) bond motifs is 1. The predicted octanol–water partition coefficient (Wildman–Crippen LogP) is 3.58. The van der Waals surface area contributed by atoms with Gasteiger partial charge < -0.3 is 10.1 Å². The van der Waals surface area contributed by atoms with Crippen molar-refractivity contribution in [3.63, 3.8) is 0 Å². The lowest BCUT2D eigenvalue weighted by atomic mass is 10.2. The first kappa shape index (κ1) is 16.0. The second-order valence-electron chi connectivity index (χ2n) is 5.67. The molecule has 1 N–H and O–H groups in total. The van der Waals surface area contributed by atoms with Crippen molar-refractivity contribution in [2.45, 2.75) is 6.54 Å². The summed E-state index contributed by atoms with van der Waals surface area (Å²) in [5.41, 5.74) is 2.41. The molecule has 0 atom stereocenters. The van der Waals surface area contributed by atoms with Crippen molar-refractivity contribution < 1.29 is 9.13 Å². The molecule has 0 radical (unpaired) electrons. The number of hydrogen-bond donors (Lipinski definition) is 1. The van der Waals surface area contributed by atoms with E-state index in [1.54, 1.807) is 23.0 Å². The number of ether oxygens (including phenoxy) is 1. The fourth-order valence-corrected chi connectivity index (χ4v) is 2.75. The van der Waals surface area contributed by atoms with Crippen LogP contribution in [0.2, 0.25) is 0 Å². The van der Waals surface area contributed by atoms with Gasteiger partial charge in [-0.25, -0.2) is 19.0 Å². The van der Waals surface area contributed by atoms with E-state index in [-0.39, 0.29) is 5.75 Å². The standard InChI is InChI=1S/C19H16FN5O/c1-26-17-8-7-13(9-16(17)20)10-21-18-15-11-24-25(19(15)23-12-22-18)14-5-3-2-4-6-14/h2-9,11-12H,10H2,1H3,(H,21,22,23). The quantitative estimate of drug-likeness (QED) is 0.597. The molecular formula is C19H16FN5O. The highest BCUT2D eigenvalue weighted by Gasteiger charge is 2.11. The molecule has 130 valence electrons. The van der Waals surface area contributed by atoms with Crippen molar-refractivity contribution in [1.29, 1.82) is 0 Å². The van der Waals surface area contributed by atoms with Crippen LogP contribution in [-0.4, -0.2) is 26.9 Å². The van der Waals surface area contributed by atoms with Crippen molar-refractivity contribution in [2.75, 3.05) is 12.4 Å². The van der Waals surface area contributed by atoms with Gasteiger partial charge in [-0.15, -0.1) is 0 Å². The number of anilines is 1. The van der Waals surface area contributed by atoms with E-state index in [4.69, 9.17) is 4.74 Å². The second kappa shape index (κ2) is 6.79. The van der Waals surface area contributed by atoms with E-state index in [0.29, 0.717) is 18.0 Å². The molecule has 0 saturated carbocycles. The van der Waals surface area contributed by atoms with E-state index < -0.39 is 5.82 Å². The summed E-state index contributed by atoms with van der Waals surface area (Å²) in [6, 6.07) is 14.6. The van der Waals surface area contributed by atoms with Crippen LogP contribution >= 0.6 is 0 Å². The van der Waals surface area contributed by atoms with Crippen LogP contribution in [0.5, 0.6) is 5.75 Å². The summed E-state index contributed by atoms with van der Waals surface area (Å²) in [6.07, 6.45) is 3.21. The van der Waals surface area contributed by atoms with E-state index >= 15 is 0 Å². The molecule has 2 aromatic carbocycles. The summed E-state index contributed by atoms with van der Waals surface area (Å²) < 4.78 is 20.5. The van der Waals surface area contributed by atoms with Crippen molar-refractivity contribution in [1.82, 2.24) is 19.7 Å². The summed E-state index contributed by atoms with van der Waals surface area (Å²) in [7, 11) is 1.44. The molecule has 0 bridgehead atoms. The van der Waals surface area contributed by atoms with Crippen LogP contribution < -0.4 is 10.1 Å². The number of methoxy groups -OCH3 is 1. The highest BCUT2D eigenvalue weighted by Crippen LogP contribution is 2.23. The van der Waals surface area contributed by atoms with Gasteiger partial charge in [-0.1, -0.05) is 24.3 Å². The minimum absolute atomic E-state index is 0.224. The number of nitrogens with one attached hydrogen (secondary N) is 1. The molecule has 2 aromatic heterocycles. The van der Waals surface area contributed by atoms with Crippen LogP contribution in [-0.2, 0) is 6.54 Å². The van der Waals surface area contributed by atoms with Crippen LogP contribution in [0.4, 0.5) is 10.2 Å². The van der Waals surface area contributed by atoms with Gasteiger partial charge in [0.1, 0.15) is 12.1 Å². The molecule has 6 nitrogen and oxygen atoms in total. The SMILES string of the molecule is COc1ccc(CNc2ncnc3c2cnn3-c2ccccc2)cc1F. The van der Waals surface area contributed by atoms with E-state index in [0.717, 1.165) is 16.6 Å². The molecule has 7 heteroatoms. The Balaban J connectivity index is 1.61. The Morgan fingerprint density at radius 3 is 2.73 bits per heavy atom. The van der Waals surface area contributed by atoms with Gasteiger partial charge in [-0.05, 0) is 29.8 Å². The average Bonchev–Trinajstić information content (AvgIpc) is 3.12. The van der Waals surface area contributed by atoms with Crippen molar-refractivity contribution in [3.8, 4) is 11.4 Å². The van der Waals surface area contributed by atoms with Gasteiger partial charge in [-0.3, -0.25) is 0 Å². The van der Waals surface area contributed by atoms with E-state index in [2.05, 4.69) is 20.4 Å². The first-order chi connectivity index (χ1) is 12.8. The smallest absolute Gasteiger partial charge is 0.168 e. The third-order valence-electron chi connectivity index (χ3n) is 4.04. The van der Waals surface area contributed by atoms with Gasteiger partial charge in [-0.2, -0.15) is 5.10 Å². The summed E-state index contributed by atoms with van der Waals surface area (Å²) >= 11 is 0. The number of benzene rings is 2. The maximum Gasteiger partial charge on any atom is 0.168 e. The fraction of sp³-hybridized carbons (Fsp3) is 0.105. The summed E-state index contributed by atoms with van der Waals surface area (Å²) in [5.74, 6) is 0.479. The van der Waals surface area contributed by atoms with Crippen LogP contribution in [0.15, 0.2) is 61.1 Å². The Bertz CT molecular complexity index is 1050. The highest BCUT2D eigenvalue weighted by molar-refractivity contribution is 5.87. The van der Waals surface area contributed by atoms with E-state index in [1.807, 2.05) is 30.3 Å². The number of nitrogens with zero attached hydrogens (tertiary/aromatic N) is 4. The first-order valence-electron chi connectivity index (χ1n) is 8.06. The molecule has 0 fully saturated rings. The number of rotatable bonds is 5. The summed E-state index contributed by atoms with van der Waals surface area (Å²) in [4.78, 5) is 8.63. The molecule has 2 heterocycles. The molecule has 0 aliphatic rings. The van der Waals surface area contributed by atoms with Crippen LogP contribution in [0.1, 0.15) is 5.56 Å². The maximum atomic E-state index is 13.8. The average molecular weight is 349 g/mol. The maximum absolute atomic E-state index is 13.8. The second-order valence-corrected chi connectivity index (χ2v) is 5.67. The van der Waals surface area contributed by atoms with E-state index in [9.17, 15) is 4.39 Å². The Kier molecular flexibility index (Phi) is 4.18. The molecule has 26 heavy (non-hydrogen) atoms. The molecule has 0 spiro atoms. The number of aromatic nitrogens is 4. The Hall–Kier alpha value is -3.48. The summed E-state index contributed by atoms with van der Waals surface area (Å²) in [6.45, 7) is 0.420. The van der Waals surface area contributed by atoms with Crippen molar-refractivity contribution in [3.05, 3.63) is 72.4 Å². The molecule has 4 aromatic rings. The minimum atomic E-state index is -0.392. The van der Waals surface area contributed by atoms with Gasteiger partial charge in [0.15, 0.2) is 17.2 Å². The zero-order chi connectivity index (χ0) is 17.9. The Morgan fingerprint density at radius 1 is 1.12 bits per heavy atom. The first-order valence-corrected chi connectivity index (χ1v) is 8.06. The monoisotopic (exact) mass is 349 g/mol. The lowest BCUT2D eigenvalue weighted by Crippen LogP contribution is -2.04. The molecular weight excluding hydrogens is 333 g/mol. The molecule has 0 unspecified atom stereocenters. The lowest BCUT2D eigenvalue weighted by molar-refractivity contribution is 0.386. The Labute approximate surface area is 149 Å². The molecule has 0 aliphatic carbocycles. The van der Waals surface area contributed by atoms with Crippen molar-refractivity contribution >= 4 is 16.9 Å². The van der Waals surface area contributed by atoms with E-state index in [1.165, 1.54) is 19.5 Å². The molecule has 0 aliphatic heterocycles.